The van der Waals surface area contributed by atoms with Crippen LogP contribution in [0, 0.1) is 0 Å². The van der Waals surface area contributed by atoms with Gasteiger partial charge in [-0.15, -0.1) is 24.0 Å². The molecule has 1 aromatic rings. The van der Waals surface area contributed by atoms with Crippen LogP contribution in [-0.4, -0.2) is 33.7 Å². The van der Waals surface area contributed by atoms with Gasteiger partial charge in [-0.05, 0) is 24.1 Å². The number of sulfonamides is 1. The van der Waals surface area contributed by atoms with Crippen LogP contribution in [0.25, 0.3) is 0 Å². The van der Waals surface area contributed by atoms with Crippen molar-refractivity contribution in [2.24, 2.45) is 10.7 Å². The van der Waals surface area contributed by atoms with Gasteiger partial charge in [0.1, 0.15) is 0 Å². The molecule has 0 heterocycles. The first-order valence-corrected chi connectivity index (χ1v) is 7.90. The molecule has 8 heteroatoms. The minimum Gasteiger partial charge on any atom is -0.370 e. The van der Waals surface area contributed by atoms with Gasteiger partial charge in [0, 0.05) is 12.2 Å². The molecule has 0 bridgehead atoms. The summed E-state index contributed by atoms with van der Waals surface area (Å²) in [4.78, 5) is 4.03. The van der Waals surface area contributed by atoms with E-state index in [2.05, 4.69) is 22.0 Å². The fraction of sp³-hybridized carbons (Fsp3) is 0.417. The van der Waals surface area contributed by atoms with Crippen molar-refractivity contribution in [3.63, 3.8) is 0 Å². The van der Waals surface area contributed by atoms with Gasteiger partial charge >= 0.3 is 0 Å². The van der Waals surface area contributed by atoms with E-state index in [1.807, 2.05) is 24.3 Å². The Morgan fingerprint density at radius 2 is 2.10 bits per heavy atom. The van der Waals surface area contributed by atoms with Crippen LogP contribution >= 0.6 is 24.0 Å². The van der Waals surface area contributed by atoms with E-state index in [4.69, 9.17) is 5.73 Å². The quantitative estimate of drug-likeness (QED) is 0.283. The molecule has 0 fully saturated rings. The van der Waals surface area contributed by atoms with Gasteiger partial charge in [0.2, 0.25) is 10.0 Å². The standard InChI is InChI=1S/C12H20N4O2S.HI/c1-3-10-5-4-6-11(9-10)16-12(13)14-7-8-15-19(2,17)18;/h4-6,9,15H,3,7-8H2,1-2H3,(H3,13,14,16);1H. The number of guanidine groups is 1. The number of nitrogens with two attached hydrogens (primary N) is 1. The van der Waals surface area contributed by atoms with E-state index in [1.54, 1.807) is 0 Å². The molecule has 20 heavy (non-hydrogen) atoms. The fourth-order valence-electron chi connectivity index (χ4n) is 1.46. The predicted octanol–water partition coefficient (Wildman–Crippen LogP) is 1.14. The van der Waals surface area contributed by atoms with Crippen LogP contribution in [0.4, 0.5) is 5.69 Å². The van der Waals surface area contributed by atoms with Crippen LogP contribution in [0.5, 0.6) is 0 Å². The molecule has 0 aliphatic heterocycles. The Morgan fingerprint density at radius 1 is 1.40 bits per heavy atom. The molecule has 0 aliphatic rings. The Bertz CT molecular complexity index is 546. The number of rotatable bonds is 6. The normalized spacial score (nSPS) is 11.8. The van der Waals surface area contributed by atoms with E-state index in [1.165, 1.54) is 5.56 Å². The van der Waals surface area contributed by atoms with Crippen molar-refractivity contribution in [1.82, 2.24) is 4.72 Å². The molecule has 6 nitrogen and oxygen atoms in total. The number of aryl methyl sites for hydroxylation is 1. The molecule has 0 saturated carbocycles. The first-order chi connectivity index (χ1) is 8.90. The maximum atomic E-state index is 10.8. The second kappa shape index (κ2) is 9.14. The maximum absolute atomic E-state index is 10.8. The number of nitrogens with one attached hydrogen (secondary N) is 2. The number of benzene rings is 1. The Labute approximate surface area is 137 Å². The number of hydrogen-bond acceptors (Lipinski definition) is 3. The highest BCUT2D eigenvalue weighted by Gasteiger charge is 1.99. The summed E-state index contributed by atoms with van der Waals surface area (Å²) in [5, 5.41) is 2.96. The smallest absolute Gasteiger partial charge is 0.208 e. The molecule has 114 valence electrons. The molecule has 0 spiro atoms. The van der Waals surface area contributed by atoms with Crippen molar-refractivity contribution in [3.05, 3.63) is 29.8 Å². The SMILES string of the molecule is CCc1cccc(NC(N)=NCCNS(C)(=O)=O)c1.I. The minimum atomic E-state index is -3.17. The van der Waals surface area contributed by atoms with Gasteiger partial charge in [0.25, 0.3) is 0 Å². The number of aliphatic imine (C=N–C) groups is 1. The van der Waals surface area contributed by atoms with E-state index in [0.29, 0.717) is 6.54 Å². The number of halogens is 1. The molecule has 0 aliphatic carbocycles. The average Bonchev–Trinajstić information content (AvgIpc) is 2.34. The average molecular weight is 412 g/mol. The maximum Gasteiger partial charge on any atom is 0.208 e. The largest absolute Gasteiger partial charge is 0.370 e. The van der Waals surface area contributed by atoms with Gasteiger partial charge < -0.3 is 11.1 Å². The number of nitrogens with zero attached hydrogens (tertiary/aromatic N) is 1. The van der Waals surface area contributed by atoms with Crippen molar-refractivity contribution in [2.45, 2.75) is 13.3 Å². The highest BCUT2D eigenvalue weighted by Crippen LogP contribution is 2.10. The summed E-state index contributed by atoms with van der Waals surface area (Å²) in [6.45, 7) is 2.60. The van der Waals surface area contributed by atoms with Crippen molar-refractivity contribution in [1.29, 1.82) is 0 Å². The van der Waals surface area contributed by atoms with Crippen molar-refractivity contribution in [2.75, 3.05) is 24.7 Å². The summed E-state index contributed by atoms with van der Waals surface area (Å²) >= 11 is 0. The van der Waals surface area contributed by atoms with Crippen LogP contribution in [0.2, 0.25) is 0 Å². The van der Waals surface area contributed by atoms with Crippen LogP contribution in [0.3, 0.4) is 0 Å². The zero-order valence-corrected chi connectivity index (χ0v) is 14.7. The lowest BCUT2D eigenvalue weighted by atomic mass is 10.1. The van der Waals surface area contributed by atoms with Gasteiger partial charge in [-0.3, -0.25) is 4.99 Å². The van der Waals surface area contributed by atoms with Gasteiger partial charge in [-0.2, -0.15) is 0 Å². The number of hydrogen-bond donors (Lipinski definition) is 3. The summed E-state index contributed by atoms with van der Waals surface area (Å²) in [5.41, 5.74) is 7.79. The Balaban J connectivity index is 0.00000361. The third-order valence-corrected chi connectivity index (χ3v) is 3.09. The van der Waals surface area contributed by atoms with Crippen LogP contribution in [0.15, 0.2) is 29.3 Å². The summed E-state index contributed by atoms with van der Waals surface area (Å²) in [6, 6.07) is 7.88. The predicted molar refractivity (Wildman–Crippen MR) is 94.2 cm³/mol. The molecule has 0 radical (unpaired) electrons. The summed E-state index contributed by atoms with van der Waals surface area (Å²) < 4.78 is 24.0. The van der Waals surface area contributed by atoms with E-state index in [-0.39, 0.29) is 36.5 Å². The zero-order valence-electron chi connectivity index (χ0n) is 11.6. The summed E-state index contributed by atoms with van der Waals surface area (Å²) in [6.07, 6.45) is 2.05. The van der Waals surface area contributed by atoms with E-state index in [9.17, 15) is 8.42 Å². The molecule has 0 saturated heterocycles. The van der Waals surface area contributed by atoms with Gasteiger partial charge in [0.05, 0.1) is 12.8 Å². The second-order valence-corrected chi connectivity index (χ2v) is 5.95. The summed E-state index contributed by atoms with van der Waals surface area (Å²) in [5.74, 6) is 0.267. The molecular formula is C12H21IN4O2S. The second-order valence-electron chi connectivity index (χ2n) is 4.11. The first-order valence-electron chi connectivity index (χ1n) is 6.01. The Hall–Kier alpha value is -0.870. The Kier molecular flexibility index (Phi) is 8.74. The van der Waals surface area contributed by atoms with Gasteiger partial charge in [-0.1, -0.05) is 19.1 Å². The van der Waals surface area contributed by atoms with E-state index < -0.39 is 10.0 Å². The molecule has 0 atom stereocenters. The van der Waals surface area contributed by atoms with Crippen molar-refractivity contribution in [3.8, 4) is 0 Å². The summed E-state index contributed by atoms with van der Waals surface area (Å²) in [7, 11) is -3.17. The van der Waals surface area contributed by atoms with Crippen LogP contribution < -0.4 is 15.8 Å². The van der Waals surface area contributed by atoms with Crippen molar-refractivity contribution >= 4 is 45.6 Å². The van der Waals surface area contributed by atoms with E-state index >= 15 is 0 Å². The first kappa shape index (κ1) is 19.1. The lowest BCUT2D eigenvalue weighted by Gasteiger charge is -2.07. The third kappa shape index (κ3) is 8.33. The molecule has 0 unspecified atom stereocenters. The van der Waals surface area contributed by atoms with Gasteiger partial charge in [0.15, 0.2) is 5.96 Å². The molecule has 0 amide bonds. The highest BCUT2D eigenvalue weighted by molar-refractivity contribution is 14.0. The highest BCUT2D eigenvalue weighted by atomic mass is 127. The molecule has 1 aromatic carbocycles. The molecule has 4 N–H and O–H groups in total. The van der Waals surface area contributed by atoms with Crippen LogP contribution in [-0.2, 0) is 16.4 Å². The third-order valence-electron chi connectivity index (χ3n) is 2.37. The van der Waals surface area contributed by atoms with E-state index in [0.717, 1.165) is 18.4 Å². The van der Waals surface area contributed by atoms with Crippen LogP contribution in [0.1, 0.15) is 12.5 Å². The zero-order chi connectivity index (χ0) is 14.3. The lowest BCUT2D eigenvalue weighted by molar-refractivity contribution is 0.588. The molecule has 1 rings (SSSR count). The van der Waals surface area contributed by atoms with Gasteiger partial charge in [-0.25, -0.2) is 13.1 Å². The lowest BCUT2D eigenvalue weighted by Crippen LogP contribution is -2.27. The monoisotopic (exact) mass is 412 g/mol. The Morgan fingerprint density at radius 3 is 2.70 bits per heavy atom. The minimum absolute atomic E-state index is 0. The van der Waals surface area contributed by atoms with Crippen molar-refractivity contribution < 1.29 is 8.42 Å². The fourth-order valence-corrected chi connectivity index (χ4v) is 1.93. The molecule has 0 aromatic heterocycles. The number of anilines is 1. The molecular weight excluding hydrogens is 391 g/mol. The topological polar surface area (TPSA) is 96.6 Å².